The molecule has 1 amide bonds. The van der Waals surface area contributed by atoms with Crippen LogP contribution in [0.4, 0.5) is 4.79 Å². The number of ether oxygens (including phenoxy) is 1. The van der Waals surface area contributed by atoms with Crippen molar-refractivity contribution in [1.29, 1.82) is 0 Å². The maximum atomic E-state index is 11.8. The van der Waals surface area contributed by atoms with Crippen LogP contribution in [-0.4, -0.2) is 28.3 Å². The minimum atomic E-state index is -1.14. The first kappa shape index (κ1) is 14.2. The molecule has 5 heteroatoms. The van der Waals surface area contributed by atoms with Gasteiger partial charge in [0.25, 0.3) is 0 Å². The second-order valence-electron chi connectivity index (χ2n) is 7.01. The smallest absolute Gasteiger partial charge is 0.408 e. The molecule has 0 aromatic carbocycles. The summed E-state index contributed by atoms with van der Waals surface area (Å²) >= 11 is 0. The SMILES string of the molecule is CC(C)(C)OC(=O)NC1(C(=O)O)CCC2(CC2)CC1. The topological polar surface area (TPSA) is 75.6 Å². The number of amides is 1. The molecule has 0 aromatic rings. The quantitative estimate of drug-likeness (QED) is 0.808. The first-order valence-electron chi connectivity index (χ1n) is 6.91. The Labute approximate surface area is 113 Å². The van der Waals surface area contributed by atoms with Gasteiger partial charge < -0.3 is 15.2 Å². The molecule has 0 bridgehead atoms. The second-order valence-corrected chi connectivity index (χ2v) is 7.01. The Kier molecular flexibility index (Phi) is 3.27. The second kappa shape index (κ2) is 4.39. The lowest BCUT2D eigenvalue weighted by atomic mass is 9.74. The molecule has 1 spiro atoms. The van der Waals surface area contributed by atoms with E-state index in [1.54, 1.807) is 20.8 Å². The van der Waals surface area contributed by atoms with Gasteiger partial charge in [-0.25, -0.2) is 9.59 Å². The Bertz CT molecular complexity index is 383. The predicted octanol–water partition coefficient (Wildman–Crippen LogP) is 2.69. The molecule has 108 valence electrons. The molecule has 2 aliphatic carbocycles. The Hall–Kier alpha value is -1.26. The van der Waals surface area contributed by atoms with E-state index in [0.29, 0.717) is 18.3 Å². The molecule has 0 aromatic heterocycles. The van der Waals surface area contributed by atoms with E-state index in [2.05, 4.69) is 5.32 Å². The van der Waals surface area contributed by atoms with Crippen LogP contribution in [0.15, 0.2) is 0 Å². The standard InChI is InChI=1S/C14H23NO4/c1-12(2,3)19-11(18)15-14(10(16)17)8-6-13(4-5-13)7-9-14/h4-9H2,1-3H3,(H,15,18)(H,16,17). The fourth-order valence-corrected chi connectivity index (χ4v) is 2.78. The van der Waals surface area contributed by atoms with Gasteiger partial charge in [-0.2, -0.15) is 0 Å². The van der Waals surface area contributed by atoms with Crippen molar-refractivity contribution in [1.82, 2.24) is 5.32 Å². The highest BCUT2D eigenvalue weighted by atomic mass is 16.6. The Balaban J connectivity index is 2.00. The van der Waals surface area contributed by atoms with E-state index in [-0.39, 0.29) is 0 Å². The van der Waals surface area contributed by atoms with Crippen LogP contribution in [0.1, 0.15) is 59.3 Å². The van der Waals surface area contributed by atoms with Gasteiger partial charge in [0, 0.05) is 0 Å². The molecule has 0 aliphatic heterocycles. The van der Waals surface area contributed by atoms with Crippen LogP contribution >= 0.6 is 0 Å². The lowest BCUT2D eigenvalue weighted by Gasteiger charge is -2.38. The number of carboxylic acids is 1. The number of hydrogen-bond donors (Lipinski definition) is 2. The van der Waals surface area contributed by atoms with E-state index in [9.17, 15) is 14.7 Å². The molecular formula is C14H23NO4. The van der Waals surface area contributed by atoms with Crippen LogP contribution in [0.25, 0.3) is 0 Å². The average molecular weight is 269 g/mol. The molecule has 0 atom stereocenters. The highest BCUT2D eigenvalue weighted by molar-refractivity contribution is 5.84. The number of hydrogen-bond acceptors (Lipinski definition) is 3. The van der Waals surface area contributed by atoms with Gasteiger partial charge in [-0.3, -0.25) is 0 Å². The summed E-state index contributed by atoms with van der Waals surface area (Å²) in [6.07, 6.45) is 4.54. The molecule has 0 saturated heterocycles. The number of carboxylic acid groups (broad SMARTS) is 1. The van der Waals surface area contributed by atoms with E-state index < -0.39 is 23.2 Å². The minimum absolute atomic E-state index is 0.383. The molecule has 2 N–H and O–H groups in total. The van der Waals surface area contributed by atoms with E-state index in [4.69, 9.17) is 4.74 Å². The summed E-state index contributed by atoms with van der Waals surface area (Å²) < 4.78 is 5.17. The maximum Gasteiger partial charge on any atom is 0.408 e. The van der Waals surface area contributed by atoms with Gasteiger partial charge in [0.2, 0.25) is 0 Å². The lowest BCUT2D eigenvalue weighted by molar-refractivity contribution is -0.147. The molecule has 2 fully saturated rings. The highest BCUT2D eigenvalue weighted by Crippen LogP contribution is 2.57. The van der Waals surface area contributed by atoms with Crippen molar-refractivity contribution in [3.63, 3.8) is 0 Å². The Morgan fingerprint density at radius 3 is 1.89 bits per heavy atom. The van der Waals surface area contributed by atoms with E-state index >= 15 is 0 Å². The first-order chi connectivity index (χ1) is 8.67. The van der Waals surface area contributed by atoms with E-state index in [1.165, 1.54) is 12.8 Å². The monoisotopic (exact) mass is 269 g/mol. The van der Waals surface area contributed by atoms with Gasteiger partial charge in [0.15, 0.2) is 0 Å². The molecule has 0 heterocycles. The predicted molar refractivity (Wildman–Crippen MR) is 69.9 cm³/mol. The van der Waals surface area contributed by atoms with Crippen LogP contribution in [0.5, 0.6) is 0 Å². The molecular weight excluding hydrogens is 246 g/mol. The van der Waals surface area contributed by atoms with E-state index in [1.807, 2.05) is 0 Å². The summed E-state index contributed by atoms with van der Waals surface area (Å²) in [4.78, 5) is 23.4. The summed E-state index contributed by atoms with van der Waals surface area (Å²) in [6, 6.07) is 0. The van der Waals surface area contributed by atoms with Gasteiger partial charge in [-0.05, 0) is 64.7 Å². The zero-order chi connectivity index (χ0) is 14.3. The lowest BCUT2D eigenvalue weighted by Crippen LogP contribution is -2.57. The van der Waals surface area contributed by atoms with Gasteiger partial charge in [0.1, 0.15) is 11.1 Å². The Morgan fingerprint density at radius 2 is 1.53 bits per heavy atom. The number of carbonyl (C=O) groups excluding carboxylic acids is 1. The molecule has 5 nitrogen and oxygen atoms in total. The fraction of sp³-hybridized carbons (Fsp3) is 0.857. The first-order valence-corrected chi connectivity index (χ1v) is 6.91. The molecule has 19 heavy (non-hydrogen) atoms. The number of rotatable bonds is 2. The third-order valence-corrected chi connectivity index (χ3v) is 4.27. The molecule has 2 saturated carbocycles. The van der Waals surface area contributed by atoms with Crippen molar-refractivity contribution in [2.75, 3.05) is 0 Å². The minimum Gasteiger partial charge on any atom is -0.480 e. The van der Waals surface area contributed by atoms with Crippen molar-refractivity contribution in [3.8, 4) is 0 Å². The molecule has 2 rings (SSSR count). The molecule has 0 unspecified atom stereocenters. The third-order valence-electron chi connectivity index (χ3n) is 4.27. The number of aliphatic carboxylic acids is 1. The van der Waals surface area contributed by atoms with Gasteiger partial charge in [0.05, 0.1) is 0 Å². The summed E-state index contributed by atoms with van der Waals surface area (Å²) in [5, 5.41) is 12.0. The van der Waals surface area contributed by atoms with Gasteiger partial charge in [-0.15, -0.1) is 0 Å². The molecule has 2 aliphatic rings. The summed E-state index contributed by atoms with van der Waals surface area (Å²) in [7, 11) is 0. The largest absolute Gasteiger partial charge is 0.480 e. The maximum absolute atomic E-state index is 11.8. The summed E-state index contributed by atoms with van der Waals surface area (Å²) in [6.45, 7) is 5.29. The van der Waals surface area contributed by atoms with Gasteiger partial charge in [-0.1, -0.05) is 0 Å². The van der Waals surface area contributed by atoms with Crippen LogP contribution in [0.3, 0.4) is 0 Å². The zero-order valence-electron chi connectivity index (χ0n) is 11.9. The number of alkyl carbamates (subject to hydrolysis) is 1. The third kappa shape index (κ3) is 3.19. The number of carbonyl (C=O) groups is 2. The van der Waals surface area contributed by atoms with E-state index in [0.717, 1.165) is 12.8 Å². The molecule has 0 radical (unpaired) electrons. The van der Waals surface area contributed by atoms with Crippen LogP contribution in [0.2, 0.25) is 0 Å². The van der Waals surface area contributed by atoms with Crippen molar-refractivity contribution in [3.05, 3.63) is 0 Å². The van der Waals surface area contributed by atoms with Crippen molar-refractivity contribution < 1.29 is 19.4 Å². The van der Waals surface area contributed by atoms with Crippen LogP contribution in [-0.2, 0) is 9.53 Å². The van der Waals surface area contributed by atoms with Crippen LogP contribution in [0, 0.1) is 5.41 Å². The summed E-state index contributed by atoms with van der Waals surface area (Å²) in [5.74, 6) is -0.950. The average Bonchev–Trinajstić information content (AvgIpc) is 2.99. The normalized spacial score (nSPS) is 23.7. The highest BCUT2D eigenvalue weighted by Gasteiger charge is 2.53. The summed E-state index contributed by atoms with van der Waals surface area (Å²) in [5.41, 5.74) is -1.37. The van der Waals surface area contributed by atoms with Crippen molar-refractivity contribution >= 4 is 12.1 Å². The van der Waals surface area contributed by atoms with Crippen molar-refractivity contribution in [2.24, 2.45) is 5.41 Å². The number of nitrogens with one attached hydrogen (secondary N) is 1. The Morgan fingerprint density at radius 1 is 1.05 bits per heavy atom. The van der Waals surface area contributed by atoms with Crippen molar-refractivity contribution in [2.45, 2.75) is 70.4 Å². The van der Waals surface area contributed by atoms with Gasteiger partial charge >= 0.3 is 12.1 Å². The zero-order valence-corrected chi connectivity index (χ0v) is 11.9. The van der Waals surface area contributed by atoms with Crippen LogP contribution < -0.4 is 5.32 Å². The fourth-order valence-electron chi connectivity index (χ4n) is 2.78.